The third-order valence-electron chi connectivity index (χ3n) is 3.67. The minimum absolute atomic E-state index is 0.505. The van der Waals surface area contributed by atoms with Crippen LogP contribution in [0.5, 0.6) is 0 Å². The third kappa shape index (κ3) is 2.63. The number of rotatable bonds is 6. The van der Waals surface area contributed by atoms with Crippen LogP contribution in [0.3, 0.4) is 0 Å². The molecule has 1 fully saturated rings. The zero-order valence-corrected chi connectivity index (χ0v) is 10.0. The minimum atomic E-state index is 0.505. The Hall–Kier alpha value is -0.860. The number of hydrazine groups is 1. The van der Waals surface area contributed by atoms with E-state index in [1.54, 1.807) is 0 Å². The Morgan fingerprint density at radius 2 is 2.12 bits per heavy atom. The average Bonchev–Trinajstić information content (AvgIpc) is 3.12. The molecule has 0 aliphatic heterocycles. The molecular formula is C14H22N2. The average molecular weight is 218 g/mol. The molecule has 2 heteroatoms. The van der Waals surface area contributed by atoms with Crippen molar-refractivity contribution in [3.05, 3.63) is 35.9 Å². The zero-order chi connectivity index (χ0) is 11.4. The molecular weight excluding hydrogens is 196 g/mol. The monoisotopic (exact) mass is 218 g/mol. The van der Waals surface area contributed by atoms with Gasteiger partial charge in [0.2, 0.25) is 0 Å². The second kappa shape index (κ2) is 5.46. The Labute approximate surface area is 98.2 Å². The lowest BCUT2D eigenvalue weighted by Gasteiger charge is -2.15. The standard InChI is InChI=1S/C14H22N2/c1-2-3-9-14(16-15)13-10-12(13)11-7-5-4-6-8-11/h4-8,12-14,16H,2-3,9-10,15H2,1H3. The van der Waals surface area contributed by atoms with Crippen LogP contribution in [-0.2, 0) is 0 Å². The Kier molecular flexibility index (Phi) is 3.97. The van der Waals surface area contributed by atoms with Crippen molar-refractivity contribution in [2.24, 2.45) is 11.8 Å². The molecule has 0 radical (unpaired) electrons. The summed E-state index contributed by atoms with van der Waals surface area (Å²) in [7, 11) is 0. The molecule has 1 aromatic rings. The summed E-state index contributed by atoms with van der Waals surface area (Å²) in [6.07, 6.45) is 5.03. The van der Waals surface area contributed by atoms with Gasteiger partial charge in [-0.05, 0) is 30.2 Å². The van der Waals surface area contributed by atoms with E-state index < -0.39 is 0 Å². The highest BCUT2D eigenvalue weighted by Gasteiger charge is 2.42. The van der Waals surface area contributed by atoms with Crippen LogP contribution in [0.2, 0.25) is 0 Å². The molecule has 0 heterocycles. The van der Waals surface area contributed by atoms with Gasteiger partial charge in [-0.1, -0.05) is 50.1 Å². The zero-order valence-electron chi connectivity index (χ0n) is 10.0. The maximum Gasteiger partial charge on any atom is 0.0244 e. The van der Waals surface area contributed by atoms with Crippen molar-refractivity contribution in [1.82, 2.24) is 5.43 Å². The van der Waals surface area contributed by atoms with Crippen LogP contribution in [0.1, 0.15) is 44.1 Å². The lowest BCUT2D eigenvalue weighted by Crippen LogP contribution is -2.37. The molecule has 0 aromatic heterocycles. The van der Waals surface area contributed by atoms with Crippen molar-refractivity contribution in [2.45, 2.75) is 44.6 Å². The first-order chi connectivity index (χ1) is 7.86. The normalized spacial score (nSPS) is 25.4. The Bertz CT molecular complexity index is 310. The summed E-state index contributed by atoms with van der Waals surface area (Å²) in [4.78, 5) is 0. The van der Waals surface area contributed by atoms with Gasteiger partial charge in [0.1, 0.15) is 0 Å². The summed E-state index contributed by atoms with van der Waals surface area (Å²) in [6, 6.07) is 11.3. The smallest absolute Gasteiger partial charge is 0.0244 e. The summed E-state index contributed by atoms with van der Waals surface area (Å²) in [5.74, 6) is 7.13. The van der Waals surface area contributed by atoms with Crippen LogP contribution in [-0.4, -0.2) is 6.04 Å². The van der Waals surface area contributed by atoms with Gasteiger partial charge in [-0.25, -0.2) is 0 Å². The third-order valence-corrected chi connectivity index (χ3v) is 3.67. The van der Waals surface area contributed by atoms with Crippen LogP contribution >= 0.6 is 0 Å². The van der Waals surface area contributed by atoms with Crippen LogP contribution in [0.15, 0.2) is 30.3 Å². The number of unbranched alkanes of at least 4 members (excludes halogenated alkanes) is 1. The highest BCUT2D eigenvalue weighted by Crippen LogP contribution is 2.50. The quantitative estimate of drug-likeness (QED) is 0.569. The summed E-state index contributed by atoms with van der Waals surface area (Å²) >= 11 is 0. The van der Waals surface area contributed by atoms with Crippen molar-refractivity contribution >= 4 is 0 Å². The number of benzene rings is 1. The maximum absolute atomic E-state index is 5.64. The molecule has 2 nitrogen and oxygen atoms in total. The SMILES string of the molecule is CCCCC(NN)C1CC1c1ccccc1. The first-order valence-electron chi connectivity index (χ1n) is 6.38. The van der Waals surface area contributed by atoms with Gasteiger partial charge in [-0.2, -0.15) is 0 Å². The van der Waals surface area contributed by atoms with Crippen molar-refractivity contribution < 1.29 is 0 Å². The molecule has 1 aliphatic carbocycles. The van der Waals surface area contributed by atoms with E-state index in [-0.39, 0.29) is 0 Å². The summed E-state index contributed by atoms with van der Waals surface area (Å²) in [6.45, 7) is 2.23. The number of hydrogen-bond acceptors (Lipinski definition) is 2. The van der Waals surface area contributed by atoms with E-state index in [0.29, 0.717) is 6.04 Å². The van der Waals surface area contributed by atoms with Gasteiger partial charge < -0.3 is 0 Å². The molecule has 0 saturated heterocycles. The van der Waals surface area contributed by atoms with Crippen molar-refractivity contribution in [2.75, 3.05) is 0 Å². The summed E-state index contributed by atoms with van der Waals surface area (Å²) in [5, 5.41) is 0. The fourth-order valence-electron chi connectivity index (χ4n) is 2.59. The molecule has 1 aromatic carbocycles. The Morgan fingerprint density at radius 1 is 1.38 bits per heavy atom. The fourth-order valence-corrected chi connectivity index (χ4v) is 2.59. The van der Waals surface area contributed by atoms with Crippen molar-refractivity contribution in [3.8, 4) is 0 Å². The molecule has 3 N–H and O–H groups in total. The van der Waals surface area contributed by atoms with E-state index in [9.17, 15) is 0 Å². The predicted octanol–water partition coefficient (Wildman–Crippen LogP) is 2.81. The Morgan fingerprint density at radius 3 is 2.75 bits per heavy atom. The molecule has 3 atom stereocenters. The molecule has 0 spiro atoms. The lowest BCUT2D eigenvalue weighted by atomic mass is 10.0. The van der Waals surface area contributed by atoms with E-state index in [0.717, 1.165) is 11.8 Å². The highest BCUT2D eigenvalue weighted by molar-refractivity contribution is 5.26. The van der Waals surface area contributed by atoms with Gasteiger partial charge in [0, 0.05) is 6.04 Å². The van der Waals surface area contributed by atoms with Gasteiger partial charge in [0.05, 0.1) is 0 Å². The second-order valence-corrected chi connectivity index (χ2v) is 4.83. The lowest BCUT2D eigenvalue weighted by molar-refractivity contribution is 0.425. The van der Waals surface area contributed by atoms with Crippen LogP contribution < -0.4 is 11.3 Å². The predicted molar refractivity (Wildman–Crippen MR) is 67.9 cm³/mol. The maximum atomic E-state index is 5.64. The molecule has 1 saturated carbocycles. The molecule has 1 aliphatic rings. The van der Waals surface area contributed by atoms with E-state index in [2.05, 4.69) is 42.7 Å². The topological polar surface area (TPSA) is 38.0 Å². The molecule has 3 unspecified atom stereocenters. The first kappa shape index (κ1) is 11.6. The first-order valence-corrected chi connectivity index (χ1v) is 6.38. The van der Waals surface area contributed by atoms with E-state index in [1.807, 2.05) is 0 Å². The van der Waals surface area contributed by atoms with Crippen LogP contribution in [0.4, 0.5) is 0 Å². The Balaban J connectivity index is 1.89. The largest absolute Gasteiger partial charge is 0.271 e. The van der Waals surface area contributed by atoms with Gasteiger partial charge in [-0.3, -0.25) is 11.3 Å². The van der Waals surface area contributed by atoms with Crippen LogP contribution in [0, 0.1) is 5.92 Å². The van der Waals surface area contributed by atoms with Gasteiger partial charge in [0.25, 0.3) is 0 Å². The fraction of sp³-hybridized carbons (Fsp3) is 0.571. The second-order valence-electron chi connectivity index (χ2n) is 4.83. The minimum Gasteiger partial charge on any atom is -0.271 e. The summed E-state index contributed by atoms with van der Waals surface area (Å²) < 4.78 is 0. The highest BCUT2D eigenvalue weighted by atomic mass is 15.2. The number of nitrogens with one attached hydrogen (secondary N) is 1. The van der Waals surface area contributed by atoms with E-state index in [4.69, 9.17) is 5.84 Å². The van der Waals surface area contributed by atoms with Crippen molar-refractivity contribution in [3.63, 3.8) is 0 Å². The van der Waals surface area contributed by atoms with Crippen LogP contribution in [0.25, 0.3) is 0 Å². The van der Waals surface area contributed by atoms with Gasteiger partial charge in [-0.15, -0.1) is 0 Å². The number of hydrogen-bond donors (Lipinski definition) is 2. The molecule has 88 valence electrons. The van der Waals surface area contributed by atoms with Crippen molar-refractivity contribution in [1.29, 1.82) is 0 Å². The van der Waals surface area contributed by atoms with E-state index in [1.165, 1.54) is 31.2 Å². The molecule has 0 amide bonds. The van der Waals surface area contributed by atoms with E-state index >= 15 is 0 Å². The summed E-state index contributed by atoms with van der Waals surface area (Å²) in [5.41, 5.74) is 4.47. The molecule has 2 rings (SSSR count). The molecule has 0 bridgehead atoms. The van der Waals surface area contributed by atoms with Gasteiger partial charge >= 0.3 is 0 Å². The number of nitrogens with two attached hydrogens (primary N) is 1. The molecule has 16 heavy (non-hydrogen) atoms. The van der Waals surface area contributed by atoms with Gasteiger partial charge in [0.15, 0.2) is 0 Å².